The highest BCUT2D eigenvalue weighted by Crippen LogP contribution is 2.34. The molecule has 1 saturated carbocycles. The summed E-state index contributed by atoms with van der Waals surface area (Å²) in [7, 11) is -0.357. The van der Waals surface area contributed by atoms with Gasteiger partial charge in [0.1, 0.15) is 10.6 Å². The Balaban J connectivity index is 2.33. The van der Waals surface area contributed by atoms with Gasteiger partial charge in [-0.15, -0.1) is 0 Å². The lowest BCUT2D eigenvalue weighted by atomic mass is 10.2. The lowest BCUT2D eigenvalue weighted by Crippen LogP contribution is -2.29. The van der Waals surface area contributed by atoms with Crippen LogP contribution in [-0.4, -0.2) is 39.0 Å². The molecule has 1 aromatic carbocycles. The summed E-state index contributed by atoms with van der Waals surface area (Å²) >= 11 is 0. The van der Waals surface area contributed by atoms with E-state index in [9.17, 15) is 8.42 Å². The van der Waals surface area contributed by atoms with Crippen LogP contribution in [0.5, 0.6) is 5.75 Å². The van der Waals surface area contributed by atoms with Gasteiger partial charge < -0.3 is 10.1 Å². The minimum absolute atomic E-state index is 0.136. The summed E-state index contributed by atoms with van der Waals surface area (Å²) in [5.41, 5.74) is 0.937. The zero-order valence-electron chi connectivity index (χ0n) is 13.1. The summed E-state index contributed by atoms with van der Waals surface area (Å²) in [6.45, 7) is 4.75. The Kier molecular flexibility index (Phi) is 4.91. The molecule has 0 amide bonds. The molecule has 0 unspecified atom stereocenters. The number of rotatable bonds is 7. The van der Waals surface area contributed by atoms with Crippen LogP contribution in [0.25, 0.3) is 0 Å². The molecule has 0 heterocycles. The van der Waals surface area contributed by atoms with E-state index in [2.05, 4.69) is 19.2 Å². The van der Waals surface area contributed by atoms with Gasteiger partial charge >= 0.3 is 0 Å². The SMILES string of the molecule is COc1ccc(CNC(C)C)cc1S(=O)(=O)N(C)C1CC1. The second-order valence-electron chi connectivity index (χ2n) is 5.77. The number of hydrogen-bond acceptors (Lipinski definition) is 4. The molecule has 0 aromatic heterocycles. The molecule has 1 aromatic rings. The largest absolute Gasteiger partial charge is 0.495 e. The summed E-state index contributed by atoms with van der Waals surface area (Å²) in [6.07, 6.45) is 1.87. The van der Waals surface area contributed by atoms with Gasteiger partial charge in [0.2, 0.25) is 10.0 Å². The monoisotopic (exact) mass is 312 g/mol. The second kappa shape index (κ2) is 6.34. The molecular formula is C15H24N2O3S. The number of nitrogens with one attached hydrogen (secondary N) is 1. The molecular weight excluding hydrogens is 288 g/mol. The van der Waals surface area contributed by atoms with Crippen molar-refractivity contribution >= 4 is 10.0 Å². The number of nitrogens with zero attached hydrogens (tertiary/aromatic N) is 1. The zero-order valence-corrected chi connectivity index (χ0v) is 13.9. The summed E-state index contributed by atoms with van der Waals surface area (Å²) < 4.78 is 32.1. The van der Waals surface area contributed by atoms with Gasteiger partial charge in [0, 0.05) is 25.7 Å². The van der Waals surface area contributed by atoms with Crippen LogP contribution < -0.4 is 10.1 Å². The van der Waals surface area contributed by atoms with Crippen LogP contribution >= 0.6 is 0 Å². The maximum absolute atomic E-state index is 12.7. The van der Waals surface area contributed by atoms with Crippen molar-refractivity contribution in [3.63, 3.8) is 0 Å². The lowest BCUT2D eigenvalue weighted by Gasteiger charge is -2.19. The van der Waals surface area contributed by atoms with E-state index in [4.69, 9.17) is 4.74 Å². The van der Waals surface area contributed by atoms with Crippen molar-refractivity contribution in [3.05, 3.63) is 23.8 Å². The average Bonchev–Trinajstić information content (AvgIpc) is 3.28. The van der Waals surface area contributed by atoms with Gasteiger partial charge in [-0.25, -0.2) is 8.42 Å². The molecule has 0 aliphatic heterocycles. The first-order valence-electron chi connectivity index (χ1n) is 7.24. The van der Waals surface area contributed by atoms with Crippen molar-refractivity contribution in [2.24, 2.45) is 0 Å². The molecule has 0 atom stereocenters. The summed E-state index contributed by atoms with van der Waals surface area (Å²) in [6, 6.07) is 5.82. The topological polar surface area (TPSA) is 58.6 Å². The molecule has 21 heavy (non-hydrogen) atoms. The highest BCUT2D eigenvalue weighted by Gasteiger charge is 2.36. The Hall–Kier alpha value is -1.11. The highest BCUT2D eigenvalue weighted by atomic mass is 32.2. The average molecular weight is 312 g/mol. The van der Waals surface area contributed by atoms with E-state index in [1.807, 2.05) is 6.07 Å². The van der Waals surface area contributed by atoms with E-state index in [1.165, 1.54) is 11.4 Å². The van der Waals surface area contributed by atoms with Gasteiger partial charge in [0.25, 0.3) is 0 Å². The number of hydrogen-bond donors (Lipinski definition) is 1. The van der Waals surface area contributed by atoms with Gasteiger partial charge in [-0.3, -0.25) is 0 Å². The van der Waals surface area contributed by atoms with Gasteiger partial charge in [-0.2, -0.15) is 4.31 Å². The summed E-state index contributed by atoms with van der Waals surface area (Å²) in [4.78, 5) is 0.252. The minimum atomic E-state index is -3.50. The molecule has 6 heteroatoms. The third kappa shape index (κ3) is 3.75. The van der Waals surface area contributed by atoms with Crippen LogP contribution in [0.15, 0.2) is 23.1 Å². The van der Waals surface area contributed by atoms with Crippen LogP contribution in [0.3, 0.4) is 0 Å². The lowest BCUT2D eigenvalue weighted by molar-refractivity contribution is 0.397. The highest BCUT2D eigenvalue weighted by molar-refractivity contribution is 7.89. The number of methoxy groups -OCH3 is 1. The Labute approximate surface area is 127 Å². The molecule has 1 aliphatic rings. The predicted molar refractivity (Wildman–Crippen MR) is 82.9 cm³/mol. The van der Waals surface area contributed by atoms with Crippen molar-refractivity contribution in [3.8, 4) is 5.75 Å². The molecule has 118 valence electrons. The van der Waals surface area contributed by atoms with Crippen LogP contribution in [0.2, 0.25) is 0 Å². The molecule has 0 radical (unpaired) electrons. The number of ether oxygens (including phenoxy) is 1. The zero-order chi connectivity index (χ0) is 15.6. The Morgan fingerprint density at radius 3 is 2.57 bits per heavy atom. The smallest absolute Gasteiger partial charge is 0.246 e. The molecule has 0 saturated heterocycles. The first kappa shape index (κ1) is 16.3. The van der Waals surface area contributed by atoms with Crippen molar-refractivity contribution < 1.29 is 13.2 Å². The third-order valence-electron chi connectivity index (χ3n) is 3.66. The maximum atomic E-state index is 12.7. The standard InChI is InChI=1S/C15H24N2O3S/c1-11(2)16-10-12-5-8-14(20-4)15(9-12)21(18,19)17(3)13-6-7-13/h5,8-9,11,13,16H,6-7,10H2,1-4H3. The predicted octanol–water partition coefficient (Wildman–Crippen LogP) is 1.98. The van der Waals surface area contributed by atoms with E-state index < -0.39 is 10.0 Å². The second-order valence-corrected chi connectivity index (χ2v) is 7.74. The molecule has 0 bridgehead atoms. The van der Waals surface area contributed by atoms with Gasteiger partial charge in [-0.1, -0.05) is 19.9 Å². The van der Waals surface area contributed by atoms with E-state index in [0.717, 1.165) is 18.4 Å². The first-order chi connectivity index (χ1) is 9.86. The van der Waals surface area contributed by atoms with Gasteiger partial charge in [-0.05, 0) is 30.5 Å². The summed E-state index contributed by atoms with van der Waals surface area (Å²) in [5, 5.41) is 3.29. The van der Waals surface area contributed by atoms with Crippen molar-refractivity contribution in [1.82, 2.24) is 9.62 Å². The van der Waals surface area contributed by atoms with E-state index in [0.29, 0.717) is 18.3 Å². The van der Waals surface area contributed by atoms with Crippen LogP contribution in [0, 0.1) is 0 Å². The van der Waals surface area contributed by atoms with Crippen molar-refractivity contribution in [2.75, 3.05) is 14.2 Å². The van der Waals surface area contributed by atoms with Crippen molar-refractivity contribution in [2.45, 2.75) is 50.2 Å². The molecule has 1 fully saturated rings. The summed E-state index contributed by atoms with van der Waals surface area (Å²) in [5.74, 6) is 0.399. The Morgan fingerprint density at radius 2 is 2.05 bits per heavy atom. The van der Waals surface area contributed by atoms with E-state index in [-0.39, 0.29) is 10.9 Å². The molecule has 1 N–H and O–H groups in total. The Bertz CT molecular complexity index is 595. The van der Waals surface area contributed by atoms with Gasteiger partial charge in [0.05, 0.1) is 7.11 Å². The van der Waals surface area contributed by atoms with Crippen LogP contribution in [0.1, 0.15) is 32.3 Å². The van der Waals surface area contributed by atoms with E-state index in [1.54, 1.807) is 19.2 Å². The number of benzene rings is 1. The van der Waals surface area contributed by atoms with Crippen LogP contribution in [0.4, 0.5) is 0 Å². The third-order valence-corrected chi connectivity index (χ3v) is 5.59. The quantitative estimate of drug-likeness (QED) is 0.836. The van der Waals surface area contributed by atoms with Gasteiger partial charge in [0.15, 0.2) is 0 Å². The first-order valence-corrected chi connectivity index (χ1v) is 8.68. The van der Waals surface area contributed by atoms with Crippen LogP contribution in [-0.2, 0) is 16.6 Å². The molecule has 1 aliphatic carbocycles. The Morgan fingerprint density at radius 1 is 1.38 bits per heavy atom. The molecule has 5 nitrogen and oxygen atoms in total. The number of sulfonamides is 1. The normalized spacial score (nSPS) is 15.7. The fourth-order valence-electron chi connectivity index (χ4n) is 2.14. The van der Waals surface area contributed by atoms with E-state index >= 15 is 0 Å². The fourth-order valence-corrected chi connectivity index (χ4v) is 3.76. The van der Waals surface area contributed by atoms with Crippen molar-refractivity contribution in [1.29, 1.82) is 0 Å². The molecule has 0 spiro atoms. The fraction of sp³-hybridized carbons (Fsp3) is 0.600. The minimum Gasteiger partial charge on any atom is -0.495 e. The maximum Gasteiger partial charge on any atom is 0.246 e. The molecule has 2 rings (SSSR count).